The van der Waals surface area contributed by atoms with Gasteiger partial charge < -0.3 is 5.32 Å². The van der Waals surface area contributed by atoms with E-state index in [1.54, 1.807) is 0 Å². The predicted octanol–water partition coefficient (Wildman–Crippen LogP) is 1.93. The second-order valence-electron chi connectivity index (χ2n) is 5.84. The van der Waals surface area contributed by atoms with Gasteiger partial charge in [-0.05, 0) is 47.7 Å². The zero-order chi connectivity index (χ0) is 13.4. The molecule has 0 aromatic carbocycles. The van der Waals surface area contributed by atoms with Crippen LogP contribution in [0.2, 0.25) is 0 Å². The van der Waals surface area contributed by atoms with Crippen molar-refractivity contribution < 1.29 is 0 Å². The SMILES string of the molecule is CCc1nn(C)c(CN2CC3CCCNC3C2)c1Br. The van der Waals surface area contributed by atoms with E-state index in [1.165, 1.54) is 48.3 Å². The number of hydrogen-bond donors (Lipinski definition) is 1. The monoisotopic (exact) mass is 326 g/mol. The Morgan fingerprint density at radius 2 is 2.26 bits per heavy atom. The molecule has 2 unspecified atom stereocenters. The van der Waals surface area contributed by atoms with Crippen LogP contribution in [-0.4, -0.2) is 40.4 Å². The van der Waals surface area contributed by atoms with E-state index in [2.05, 4.69) is 45.2 Å². The predicted molar refractivity (Wildman–Crippen MR) is 80.1 cm³/mol. The van der Waals surface area contributed by atoms with Crippen LogP contribution < -0.4 is 5.32 Å². The number of halogens is 1. The number of hydrogen-bond acceptors (Lipinski definition) is 3. The molecule has 19 heavy (non-hydrogen) atoms. The van der Waals surface area contributed by atoms with Gasteiger partial charge in [0.25, 0.3) is 0 Å². The summed E-state index contributed by atoms with van der Waals surface area (Å²) in [6.07, 6.45) is 3.71. The maximum atomic E-state index is 4.59. The molecule has 0 aliphatic carbocycles. The highest BCUT2D eigenvalue weighted by Gasteiger charge is 2.34. The minimum Gasteiger partial charge on any atom is -0.312 e. The summed E-state index contributed by atoms with van der Waals surface area (Å²) >= 11 is 3.72. The molecule has 1 aromatic rings. The molecular weight excluding hydrogens is 304 g/mol. The fraction of sp³-hybridized carbons (Fsp3) is 0.786. The lowest BCUT2D eigenvalue weighted by molar-refractivity contribution is 0.304. The number of likely N-dealkylation sites (tertiary alicyclic amines) is 1. The van der Waals surface area contributed by atoms with Gasteiger partial charge in [-0.25, -0.2) is 0 Å². The highest BCUT2D eigenvalue weighted by molar-refractivity contribution is 9.10. The number of aromatic nitrogens is 2. The van der Waals surface area contributed by atoms with Gasteiger partial charge in [-0.2, -0.15) is 5.10 Å². The molecule has 3 heterocycles. The molecule has 3 rings (SSSR count). The number of aryl methyl sites for hydroxylation is 2. The number of nitrogens with one attached hydrogen (secondary N) is 1. The Balaban J connectivity index is 1.70. The van der Waals surface area contributed by atoms with E-state index in [9.17, 15) is 0 Å². The topological polar surface area (TPSA) is 33.1 Å². The molecule has 0 radical (unpaired) electrons. The molecule has 2 atom stereocenters. The van der Waals surface area contributed by atoms with Crippen molar-refractivity contribution in [2.75, 3.05) is 19.6 Å². The number of nitrogens with zero attached hydrogens (tertiary/aromatic N) is 3. The van der Waals surface area contributed by atoms with Gasteiger partial charge in [0.1, 0.15) is 0 Å². The van der Waals surface area contributed by atoms with E-state index in [1.807, 2.05) is 4.68 Å². The molecule has 1 aromatic heterocycles. The first kappa shape index (κ1) is 13.6. The maximum absolute atomic E-state index is 4.59. The third kappa shape index (κ3) is 2.60. The second kappa shape index (κ2) is 5.54. The third-order valence-electron chi connectivity index (χ3n) is 4.55. The lowest BCUT2D eigenvalue weighted by atomic mass is 9.94. The van der Waals surface area contributed by atoms with Crippen molar-refractivity contribution in [2.45, 2.75) is 38.8 Å². The van der Waals surface area contributed by atoms with Gasteiger partial charge in [-0.3, -0.25) is 9.58 Å². The molecular formula is C14H23BrN4. The highest BCUT2D eigenvalue weighted by atomic mass is 79.9. The molecule has 2 fully saturated rings. The number of fused-ring (bicyclic) bond motifs is 1. The summed E-state index contributed by atoms with van der Waals surface area (Å²) in [5.41, 5.74) is 2.49. The second-order valence-corrected chi connectivity index (χ2v) is 6.63. The summed E-state index contributed by atoms with van der Waals surface area (Å²) in [5.74, 6) is 0.853. The van der Waals surface area contributed by atoms with Gasteiger partial charge in [0.2, 0.25) is 0 Å². The molecule has 0 spiro atoms. The molecule has 0 bridgehead atoms. The Morgan fingerprint density at radius 3 is 2.95 bits per heavy atom. The van der Waals surface area contributed by atoms with Gasteiger partial charge in [0, 0.05) is 32.7 Å². The van der Waals surface area contributed by atoms with Crippen LogP contribution >= 0.6 is 15.9 Å². The molecule has 2 saturated heterocycles. The summed E-state index contributed by atoms with van der Waals surface area (Å²) in [5, 5.41) is 8.26. The zero-order valence-corrected chi connectivity index (χ0v) is 13.4. The van der Waals surface area contributed by atoms with Crippen molar-refractivity contribution in [2.24, 2.45) is 13.0 Å². The molecule has 106 valence electrons. The first-order valence-electron chi connectivity index (χ1n) is 7.35. The van der Waals surface area contributed by atoms with E-state index in [4.69, 9.17) is 0 Å². The minimum atomic E-state index is 0.714. The van der Waals surface area contributed by atoms with Crippen molar-refractivity contribution in [3.8, 4) is 0 Å². The quantitative estimate of drug-likeness (QED) is 0.921. The Kier molecular flexibility index (Phi) is 3.96. The van der Waals surface area contributed by atoms with Crippen LogP contribution in [0.1, 0.15) is 31.2 Å². The zero-order valence-electron chi connectivity index (χ0n) is 11.8. The van der Waals surface area contributed by atoms with E-state index < -0.39 is 0 Å². The van der Waals surface area contributed by atoms with Crippen LogP contribution in [0.4, 0.5) is 0 Å². The van der Waals surface area contributed by atoms with Crippen molar-refractivity contribution in [3.63, 3.8) is 0 Å². The average molecular weight is 327 g/mol. The van der Waals surface area contributed by atoms with Crippen molar-refractivity contribution in [1.29, 1.82) is 0 Å². The van der Waals surface area contributed by atoms with Crippen LogP contribution in [0.3, 0.4) is 0 Å². The fourth-order valence-electron chi connectivity index (χ4n) is 3.47. The summed E-state index contributed by atoms with van der Waals surface area (Å²) < 4.78 is 3.25. The average Bonchev–Trinajstić information content (AvgIpc) is 2.94. The minimum absolute atomic E-state index is 0.714. The maximum Gasteiger partial charge on any atom is 0.0767 e. The Hall–Kier alpha value is -0.390. The van der Waals surface area contributed by atoms with Crippen LogP contribution in [0.25, 0.3) is 0 Å². The van der Waals surface area contributed by atoms with Crippen LogP contribution in [0.5, 0.6) is 0 Å². The summed E-state index contributed by atoms with van der Waals surface area (Å²) in [6.45, 7) is 6.79. The van der Waals surface area contributed by atoms with Gasteiger partial charge >= 0.3 is 0 Å². The van der Waals surface area contributed by atoms with E-state index in [0.29, 0.717) is 6.04 Å². The molecule has 5 heteroatoms. The molecule has 1 N–H and O–H groups in total. The Bertz CT molecular complexity index is 443. The van der Waals surface area contributed by atoms with Gasteiger partial charge in [-0.15, -0.1) is 0 Å². The smallest absolute Gasteiger partial charge is 0.0767 e. The van der Waals surface area contributed by atoms with Crippen LogP contribution in [-0.2, 0) is 20.0 Å². The van der Waals surface area contributed by atoms with Gasteiger partial charge in [0.15, 0.2) is 0 Å². The number of piperidine rings is 1. The largest absolute Gasteiger partial charge is 0.312 e. The summed E-state index contributed by atoms with van der Waals surface area (Å²) in [4.78, 5) is 2.58. The van der Waals surface area contributed by atoms with Crippen LogP contribution in [0.15, 0.2) is 4.47 Å². The Labute approximate surface area is 123 Å². The van der Waals surface area contributed by atoms with E-state index in [0.717, 1.165) is 18.9 Å². The molecule has 0 saturated carbocycles. The first-order valence-corrected chi connectivity index (χ1v) is 8.14. The van der Waals surface area contributed by atoms with Gasteiger partial charge in [-0.1, -0.05) is 6.92 Å². The lowest BCUT2D eigenvalue weighted by Gasteiger charge is -2.24. The fourth-order valence-corrected chi connectivity index (χ4v) is 4.21. The molecule has 0 amide bonds. The lowest BCUT2D eigenvalue weighted by Crippen LogP contribution is -2.40. The standard InChI is InChI=1S/C14H23BrN4/c1-3-11-14(15)13(18(2)17-11)9-19-7-10-5-4-6-16-12(10)8-19/h10,12,16H,3-9H2,1-2H3. The van der Waals surface area contributed by atoms with Crippen LogP contribution in [0, 0.1) is 5.92 Å². The third-order valence-corrected chi connectivity index (χ3v) is 5.47. The first-order chi connectivity index (χ1) is 9.19. The van der Waals surface area contributed by atoms with Gasteiger partial charge in [0.05, 0.1) is 15.9 Å². The molecule has 4 nitrogen and oxygen atoms in total. The number of rotatable bonds is 3. The summed E-state index contributed by atoms with van der Waals surface area (Å²) in [7, 11) is 2.06. The van der Waals surface area contributed by atoms with E-state index in [-0.39, 0.29) is 0 Å². The van der Waals surface area contributed by atoms with E-state index >= 15 is 0 Å². The molecule has 2 aliphatic rings. The van der Waals surface area contributed by atoms with Crippen molar-refractivity contribution >= 4 is 15.9 Å². The normalized spacial score (nSPS) is 27.7. The highest BCUT2D eigenvalue weighted by Crippen LogP contribution is 2.28. The van der Waals surface area contributed by atoms with Crippen molar-refractivity contribution in [3.05, 3.63) is 15.9 Å². The Morgan fingerprint density at radius 1 is 1.42 bits per heavy atom. The van der Waals surface area contributed by atoms with Crippen molar-refractivity contribution in [1.82, 2.24) is 20.0 Å². The summed E-state index contributed by atoms with van der Waals surface area (Å²) in [6, 6.07) is 0.714. The molecule has 2 aliphatic heterocycles.